The molecule has 0 saturated heterocycles. The first-order valence-electron chi connectivity index (χ1n) is 8.34. The van der Waals surface area contributed by atoms with Crippen LogP contribution in [0.3, 0.4) is 0 Å². The predicted molar refractivity (Wildman–Crippen MR) is 102 cm³/mol. The predicted octanol–water partition coefficient (Wildman–Crippen LogP) is 3.74. The second kappa shape index (κ2) is 6.76. The van der Waals surface area contributed by atoms with E-state index < -0.39 is 5.82 Å². The van der Waals surface area contributed by atoms with E-state index in [2.05, 4.69) is 20.3 Å². The van der Waals surface area contributed by atoms with Crippen molar-refractivity contribution in [3.8, 4) is 11.6 Å². The first kappa shape index (κ1) is 17.7. The van der Waals surface area contributed by atoms with Crippen molar-refractivity contribution in [2.45, 2.75) is 6.92 Å². The average Bonchev–Trinajstić information content (AvgIpc) is 2.96. The van der Waals surface area contributed by atoms with Gasteiger partial charge in [0.1, 0.15) is 23.3 Å². The van der Waals surface area contributed by atoms with Gasteiger partial charge in [-0.05, 0) is 31.2 Å². The molecule has 4 rings (SSSR count). The minimum Gasteiger partial charge on any atom is -0.494 e. The number of benzene rings is 2. The Kier molecular flexibility index (Phi) is 4.26. The van der Waals surface area contributed by atoms with Crippen molar-refractivity contribution in [3.05, 3.63) is 59.9 Å². The number of halogens is 2. The number of aryl methyl sites for hydroxylation is 1. The molecule has 28 heavy (non-hydrogen) atoms. The number of imidazole rings is 1. The van der Waals surface area contributed by atoms with Gasteiger partial charge in [-0.25, -0.2) is 13.8 Å². The lowest BCUT2D eigenvalue weighted by Gasteiger charge is -2.11. The number of fused-ring (bicyclic) bond motifs is 1. The maximum Gasteiger partial charge on any atom is 0.231 e. The Morgan fingerprint density at radius 2 is 1.86 bits per heavy atom. The van der Waals surface area contributed by atoms with Crippen molar-refractivity contribution in [1.29, 1.82) is 0 Å². The van der Waals surface area contributed by atoms with Gasteiger partial charge in [0.05, 0.1) is 18.1 Å². The molecule has 2 aromatic heterocycles. The summed E-state index contributed by atoms with van der Waals surface area (Å²) in [6, 6.07) is 10.2. The van der Waals surface area contributed by atoms with E-state index in [1.165, 1.54) is 31.4 Å². The summed E-state index contributed by atoms with van der Waals surface area (Å²) in [6.07, 6.45) is 0. The monoisotopic (exact) mass is 382 g/mol. The van der Waals surface area contributed by atoms with Gasteiger partial charge in [-0.15, -0.1) is 0 Å². The minimum atomic E-state index is -0.524. The zero-order chi connectivity index (χ0) is 19.8. The Hall–Kier alpha value is -3.75. The topological polar surface area (TPSA) is 90.9 Å². The molecular weight excluding hydrogens is 366 g/mol. The van der Waals surface area contributed by atoms with Crippen LogP contribution in [0.25, 0.3) is 16.9 Å². The molecule has 0 atom stereocenters. The van der Waals surface area contributed by atoms with E-state index in [-0.39, 0.29) is 23.3 Å². The molecular formula is C19H16F2N6O. The quantitative estimate of drug-likeness (QED) is 0.559. The number of rotatable bonds is 4. The maximum atomic E-state index is 13.9. The summed E-state index contributed by atoms with van der Waals surface area (Å²) < 4.78 is 34.2. The summed E-state index contributed by atoms with van der Waals surface area (Å²) in [6.45, 7) is 1.78. The first-order chi connectivity index (χ1) is 13.4. The molecule has 0 amide bonds. The summed E-state index contributed by atoms with van der Waals surface area (Å²) in [5, 5.41) is 2.91. The van der Waals surface area contributed by atoms with Gasteiger partial charge in [0.15, 0.2) is 11.6 Å². The summed E-state index contributed by atoms with van der Waals surface area (Å²) in [4.78, 5) is 13.0. The van der Waals surface area contributed by atoms with Crippen molar-refractivity contribution in [2.24, 2.45) is 0 Å². The van der Waals surface area contributed by atoms with Gasteiger partial charge in [-0.1, -0.05) is 0 Å². The van der Waals surface area contributed by atoms with Gasteiger partial charge in [0, 0.05) is 23.9 Å². The van der Waals surface area contributed by atoms with E-state index in [4.69, 9.17) is 10.5 Å². The number of nitrogen functional groups attached to an aromatic ring is 1. The molecule has 7 nitrogen and oxygen atoms in total. The second-order valence-electron chi connectivity index (χ2n) is 6.08. The Morgan fingerprint density at radius 3 is 2.61 bits per heavy atom. The highest BCUT2D eigenvalue weighted by molar-refractivity contribution is 5.78. The lowest BCUT2D eigenvalue weighted by molar-refractivity contribution is 0.386. The number of anilines is 3. The van der Waals surface area contributed by atoms with Crippen molar-refractivity contribution in [1.82, 2.24) is 19.5 Å². The summed E-state index contributed by atoms with van der Waals surface area (Å²) in [7, 11) is 1.39. The van der Waals surface area contributed by atoms with Gasteiger partial charge in [-0.3, -0.25) is 4.57 Å². The van der Waals surface area contributed by atoms with Crippen LogP contribution < -0.4 is 15.8 Å². The van der Waals surface area contributed by atoms with Gasteiger partial charge in [0.25, 0.3) is 0 Å². The van der Waals surface area contributed by atoms with Crippen LogP contribution in [0.15, 0.2) is 42.5 Å². The number of methoxy groups -OCH3 is 1. The fourth-order valence-corrected chi connectivity index (χ4v) is 2.95. The van der Waals surface area contributed by atoms with E-state index in [9.17, 15) is 8.78 Å². The Morgan fingerprint density at radius 1 is 1.04 bits per heavy atom. The molecule has 3 N–H and O–H groups in total. The number of aromatic nitrogens is 4. The van der Waals surface area contributed by atoms with Crippen LogP contribution in [-0.4, -0.2) is 26.6 Å². The summed E-state index contributed by atoms with van der Waals surface area (Å²) >= 11 is 0. The molecule has 0 spiro atoms. The number of nitrogens with two attached hydrogens (primary N) is 1. The zero-order valence-corrected chi connectivity index (χ0v) is 15.1. The Bertz CT molecular complexity index is 1190. The average molecular weight is 382 g/mol. The molecule has 2 aromatic carbocycles. The third kappa shape index (κ3) is 3.18. The Labute approximate surface area is 158 Å². The van der Waals surface area contributed by atoms with Crippen LogP contribution in [-0.2, 0) is 0 Å². The lowest BCUT2D eigenvalue weighted by Crippen LogP contribution is -2.07. The molecule has 0 bridgehead atoms. The van der Waals surface area contributed by atoms with Crippen molar-refractivity contribution in [2.75, 3.05) is 18.2 Å². The van der Waals surface area contributed by atoms with E-state index in [0.29, 0.717) is 28.4 Å². The molecule has 0 saturated carbocycles. The summed E-state index contributed by atoms with van der Waals surface area (Å²) in [5.74, 6) is 0.597. The standard InChI is InChI=1S/C19H16F2N6O/c1-10-23-14-5-3-11(20)7-15(14)27(10)18-9-17(22)25-19(26-18)24-12-4-6-16(28-2)13(21)8-12/h3-9H,1-2H3,(H3,22,24,25,26). The number of ether oxygens (including phenoxy) is 1. The normalized spacial score (nSPS) is 11.0. The van der Waals surface area contributed by atoms with Crippen molar-refractivity contribution < 1.29 is 13.5 Å². The van der Waals surface area contributed by atoms with Crippen LogP contribution in [0.2, 0.25) is 0 Å². The molecule has 0 unspecified atom stereocenters. The van der Waals surface area contributed by atoms with Gasteiger partial charge >= 0.3 is 0 Å². The third-order valence-electron chi connectivity index (χ3n) is 4.15. The van der Waals surface area contributed by atoms with Gasteiger partial charge < -0.3 is 15.8 Å². The SMILES string of the molecule is COc1ccc(Nc2nc(N)cc(-n3c(C)nc4ccc(F)cc43)n2)cc1F. The minimum absolute atomic E-state index is 0.127. The van der Waals surface area contributed by atoms with E-state index in [0.717, 1.165) is 0 Å². The van der Waals surface area contributed by atoms with E-state index in [1.54, 1.807) is 29.7 Å². The fourth-order valence-electron chi connectivity index (χ4n) is 2.95. The third-order valence-corrected chi connectivity index (χ3v) is 4.15. The zero-order valence-electron chi connectivity index (χ0n) is 15.1. The molecule has 9 heteroatoms. The van der Waals surface area contributed by atoms with E-state index in [1.807, 2.05) is 0 Å². The number of hydrogen-bond acceptors (Lipinski definition) is 6. The highest BCUT2D eigenvalue weighted by Gasteiger charge is 2.14. The van der Waals surface area contributed by atoms with Crippen LogP contribution in [0, 0.1) is 18.6 Å². The second-order valence-corrected chi connectivity index (χ2v) is 6.08. The number of nitrogens with one attached hydrogen (secondary N) is 1. The number of nitrogens with zero attached hydrogens (tertiary/aromatic N) is 4. The van der Waals surface area contributed by atoms with Gasteiger partial charge in [-0.2, -0.15) is 9.97 Å². The lowest BCUT2D eigenvalue weighted by atomic mass is 10.3. The molecule has 0 aliphatic heterocycles. The van der Waals surface area contributed by atoms with Crippen LogP contribution in [0.5, 0.6) is 5.75 Å². The van der Waals surface area contributed by atoms with Crippen LogP contribution in [0.4, 0.5) is 26.2 Å². The highest BCUT2D eigenvalue weighted by Crippen LogP contribution is 2.25. The van der Waals surface area contributed by atoms with Crippen molar-refractivity contribution in [3.63, 3.8) is 0 Å². The Balaban J connectivity index is 1.77. The van der Waals surface area contributed by atoms with E-state index >= 15 is 0 Å². The van der Waals surface area contributed by atoms with Crippen LogP contribution in [0.1, 0.15) is 5.82 Å². The molecule has 2 heterocycles. The first-order valence-corrected chi connectivity index (χ1v) is 8.34. The molecule has 142 valence electrons. The molecule has 0 fully saturated rings. The number of hydrogen-bond donors (Lipinski definition) is 2. The maximum absolute atomic E-state index is 13.9. The van der Waals surface area contributed by atoms with Gasteiger partial charge in [0.2, 0.25) is 5.95 Å². The van der Waals surface area contributed by atoms with Crippen LogP contribution >= 0.6 is 0 Å². The molecule has 0 aliphatic rings. The summed E-state index contributed by atoms with van der Waals surface area (Å²) in [5.41, 5.74) is 7.53. The molecule has 4 aromatic rings. The molecule has 0 aliphatic carbocycles. The highest BCUT2D eigenvalue weighted by atomic mass is 19.1. The largest absolute Gasteiger partial charge is 0.494 e. The fraction of sp³-hybridized carbons (Fsp3) is 0.105. The smallest absolute Gasteiger partial charge is 0.231 e. The molecule has 0 radical (unpaired) electrons. The van der Waals surface area contributed by atoms with Crippen molar-refractivity contribution >= 4 is 28.5 Å².